The molecule has 0 saturated heterocycles. The Morgan fingerprint density at radius 3 is 2.29 bits per heavy atom. The number of hydrogen-bond acceptors (Lipinski definition) is 5. The highest BCUT2D eigenvalue weighted by Gasteiger charge is 2.36. The molecule has 6 nitrogen and oxygen atoms in total. The van der Waals surface area contributed by atoms with E-state index in [-0.39, 0.29) is 27.0 Å². The van der Waals surface area contributed by atoms with Gasteiger partial charge in [-0.1, -0.05) is 65.9 Å². The molecule has 1 unspecified atom stereocenters. The molecule has 1 aromatic heterocycles. The first-order valence-corrected chi connectivity index (χ1v) is 12.6. The van der Waals surface area contributed by atoms with Gasteiger partial charge in [-0.3, -0.25) is 14.5 Å². The second kappa shape index (κ2) is 10.8. The van der Waals surface area contributed by atoms with Gasteiger partial charge in [-0.15, -0.1) is 0 Å². The summed E-state index contributed by atoms with van der Waals surface area (Å²) in [5.41, 5.74) is 2.26. The first-order chi connectivity index (χ1) is 16.4. The van der Waals surface area contributed by atoms with E-state index >= 15 is 0 Å². The van der Waals surface area contributed by atoms with Crippen LogP contribution in [-0.4, -0.2) is 29.3 Å². The number of amides is 2. The Hall–Kier alpha value is -2.61. The second-order valence-corrected chi connectivity index (χ2v) is 10.0. The Morgan fingerprint density at radius 1 is 1.09 bits per heavy atom. The quantitative estimate of drug-likeness (QED) is 0.404. The standard InChI is InChI=1S/C25H25Cl2N3O3S/c1-15-7-9-16(10-8-15)22(24(31)28-17-5-3-4-6-17)30(18-11-13-19(33-2)14-12-18)25(32)21-20(26)23(27)34-29-21/h7-14,17,22H,3-6H2,1-2H3,(H,28,31). The maximum atomic E-state index is 13.9. The number of aryl methyl sites for hydroxylation is 1. The second-order valence-electron chi connectivity index (χ2n) is 8.30. The number of carbonyl (C=O) groups excluding carboxylic acids is 2. The third-order valence-electron chi connectivity index (χ3n) is 5.97. The molecule has 3 aromatic rings. The molecule has 1 saturated carbocycles. The van der Waals surface area contributed by atoms with E-state index in [9.17, 15) is 9.59 Å². The molecule has 1 fully saturated rings. The molecule has 4 rings (SSSR count). The number of anilines is 1. The predicted octanol–water partition coefficient (Wildman–Crippen LogP) is 6.21. The molecule has 2 aromatic carbocycles. The fourth-order valence-electron chi connectivity index (χ4n) is 4.15. The van der Waals surface area contributed by atoms with Crippen molar-refractivity contribution < 1.29 is 14.3 Å². The van der Waals surface area contributed by atoms with Gasteiger partial charge < -0.3 is 10.1 Å². The van der Waals surface area contributed by atoms with Crippen molar-refractivity contribution in [3.8, 4) is 5.75 Å². The zero-order valence-corrected chi connectivity index (χ0v) is 21.2. The number of halogens is 2. The maximum Gasteiger partial charge on any atom is 0.280 e. The molecule has 9 heteroatoms. The molecule has 1 aliphatic rings. The van der Waals surface area contributed by atoms with Crippen molar-refractivity contribution in [1.82, 2.24) is 9.69 Å². The summed E-state index contributed by atoms with van der Waals surface area (Å²) in [6.45, 7) is 1.97. The molecule has 1 atom stereocenters. The largest absolute Gasteiger partial charge is 0.497 e. The molecular formula is C25H25Cl2N3O3S. The Morgan fingerprint density at radius 2 is 1.74 bits per heavy atom. The van der Waals surface area contributed by atoms with Crippen molar-refractivity contribution in [1.29, 1.82) is 0 Å². The van der Waals surface area contributed by atoms with Crippen molar-refractivity contribution >= 4 is 52.2 Å². The van der Waals surface area contributed by atoms with Crippen LogP contribution in [-0.2, 0) is 4.79 Å². The molecule has 0 radical (unpaired) electrons. The first-order valence-electron chi connectivity index (χ1n) is 11.0. The van der Waals surface area contributed by atoms with Crippen LogP contribution >= 0.6 is 34.7 Å². The normalized spacial score (nSPS) is 14.6. The van der Waals surface area contributed by atoms with Gasteiger partial charge in [0.1, 0.15) is 21.2 Å². The van der Waals surface area contributed by atoms with E-state index in [0.717, 1.165) is 42.8 Å². The highest BCUT2D eigenvalue weighted by molar-refractivity contribution is 7.11. The predicted molar refractivity (Wildman–Crippen MR) is 136 cm³/mol. The molecule has 0 spiro atoms. The third kappa shape index (κ3) is 5.22. The molecule has 1 N–H and O–H groups in total. The minimum absolute atomic E-state index is 0.0123. The van der Waals surface area contributed by atoms with Crippen LogP contribution in [0.15, 0.2) is 48.5 Å². The molecule has 0 aliphatic heterocycles. The van der Waals surface area contributed by atoms with Gasteiger partial charge >= 0.3 is 0 Å². The van der Waals surface area contributed by atoms with Crippen LogP contribution in [0.25, 0.3) is 0 Å². The fourth-order valence-corrected chi connectivity index (χ4v) is 5.14. The van der Waals surface area contributed by atoms with Crippen molar-refractivity contribution in [2.24, 2.45) is 0 Å². The SMILES string of the molecule is COc1ccc(N(C(=O)c2nsc(Cl)c2Cl)C(C(=O)NC2CCCC2)c2ccc(C)cc2)cc1. The topological polar surface area (TPSA) is 71.5 Å². The zero-order valence-electron chi connectivity index (χ0n) is 18.9. The molecule has 2 amide bonds. The highest BCUT2D eigenvalue weighted by Crippen LogP contribution is 2.36. The Bertz CT molecular complexity index is 1160. The van der Waals surface area contributed by atoms with Gasteiger partial charge in [0.25, 0.3) is 5.91 Å². The van der Waals surface area contributed by atoms with E-state index in [2.05, 4.69) is 9.69 Å². The number of nitrogens with one attached hydrogen (secondary N) is 1. The number of carbonyl (C=O) groups is 2. The highest BCUT2D eigenvalue weighted by atomic mass is 35.5. The first kappa shape index (κ1) is 24.5. The molecule has 1 heterocycles. The van der Waals surface area contributed by atoms with Gasteiger partial charge in [-0.25, -0.2) is 0 Å². The van der Waals surface area contributed by atoms with Gasteiger partial charge in [-0.2, -0.15) is 4.37 Å². The Labute approximate surface area is 213 Å². The van der Waals surface area contributed by atoms with E-state index < -0.39 is 11.9 Å². The number of hydrogen-bond donors (Lipinski definition) is 1. The number of ether oxygens (including phenoxy) is 1. The van der Waals surface area contributed by atoms with E-state index in [1.54, 1.807) is 31.4 Å². The zero-order chi connectivity index (χ0) is 24.2. The molecule has 178 valence electrons. The van der Waals surface area contributed by atoms with Gasteiger partial charge in [0, 0.05) is 11.7 Å². The summed E-state index contributed by atoms with van der Waals surface area (Å²) >= 11 is 13.4. The molecule has 34 heavy (non-hydrogen) atoms. The average molecular weight is 518 g/mol. The van der Waals surface area contributed by atoms with Gasteiger partial charge in [-0.05, 0) is 61.1 Å². The van der Waals surface area contributed by atoms with E-state index in [4.69, 9.17) is 27.9 Å². The summed E-state index contributed by atoms with van der Waals surface area (Å²) in [5.74, 6) is -0.129. The number of rotatable bonds is 7. The van der Waals surface area contributed by atoms with Crippen LogP contribution in [0.3, 0.4) is 0 Å². The van der Waals surface area contributed by atoms with Crippen LogP contribution in [0.5, 0.6) is 5.75 Å². The lowest BCUT2D eigenvalue weighted by atomic mass is 10.0. The third-order valence-corrected chi connectivity index (χ3v) is 7.58. The number of methoxy groups -OCH3 is 1. The summed E-state index contributed by atoms with van der Waals surface area (Å²) in [7, 11) is 1.57. The monoisotopic (exact) mass is 517 g/mol. The van der Waals surface area contributed by atoms with Gasteiger partial charge in [0.15, 0.2) is 5.69 Å². The minimum Gasteiger partial charge on any atom is -0.497 e. The van der Waals surface area contributed by atoms with Crippen LogP contribution in [0.4, 0.5) is 5.69 Å². The van der Waals surface area contributed by atoms with Crippen molar-refractivity contribution in [3.63, 3.8) is 0 Å². The smallest absolute Gasteiger partial charge is 0.280 e. The van der Waals surface area contributed by atoms with Crippen molar-refractivity contribution in [2.45, 2.75) is 44.7 Å². The summed E-state index contributed by atoms with van der Waals surface area (Å²) < 4.78 is 9.68. The van der Waals surface area contributed by atoms with Crippen molar-refractivity contribution in [3.05, 3.63) is 74.7 Å². The summed E-state index contributed by atoms with van der Waals surface area (Å²) in [5, 5.41) is 3.23. The summed E-state index contributed by atoms with van der Waals surface area (Å²) in [6.07, 6.45) is 4.01. The van der Waals surface area contributed by atoms with Gasteiger partial charge in [0.2, 0.25) is 5.91 Å². The lowest BCUT2D eigenvalue weighted by Crippen LogP contribution is -2.46. The van der Waals surface area contributed by atoms with Crippen LogP contribution in [0.2, 0.25) is 9.36 Å². The summed E-state index contributed by atoms with van der Waals surface area (Å²) in [6, 6.07) is 13.7. The number of aromatic nitrogens is 1. The number of nitrogens with zero attached hydrogens (tertiary/aromatic N) is 2. The molecule has 0 bridgehead atoms. The average Bonchev–Trinajstić information content (AvgIpc) is 3.47. The fraction of sp³-hybridized carbons (Fsp3) is 0.320. The van der Waals surface area contributed by atoms with Crippen LogP contribution in [0.1, 0.15) is 53.3 Å². The Kier molecular flexibility index (Phi) is 7.76. The van der Waals surface area contributed by atoms with Crippen molar-refractivity contribution in [2.75, 3.05) is 12.0 Å². The molecule has 1 aliphatic carbocycles. The minimum atomic E-state index is -0.932. The lowest BCUT2D eigenvalue weighted by molar-refractivity contribution is -0.123. The van der Waals surface area contributed by atoms with Crippen LogP contribution < -0.4 is 15.0 Å². The summed E-state index contributed by atoms with van der Waals surface area (Å²) in [4.78, 5) is 29.1. The maximum absolute atomic E-state index is 13.9. The van der Waals surface area contributed by atoms with E-state index in [0.29, 0.717) is 17.0 Å². The molecular weight excluding hydrogens is 493 g/mol. The lowest BCUT2D eigenvalue weighted by Gasteiger charge is -2.32. The van der Waals surface area contributed by atoms with E-state index in [1.807, 2.05) is 31.2 Å². The van der Waals surface area contributed by atoms with Crippen LogP contribution in [0, 0.1) is 6.92 Å². The van der Waals surface area contributed by atoms with Gasteiger partial charge in [0.05, 0.1) is 7.11 Å². The number of benzene rings is 2. The van der Waals surface area contributed by atoms with E-state index in [1.165, 1.54) is 4.90 Å². The Balaban J connectivity index is 1.83.